The molecule has 0 aromatic heterocycles. The number of carbonyl (C=O) groups is 1. The predicted molar refractivity (Wildman–Crippen MR) is 76.4 cm³/mol. The van der Waals surface area contributed by atoms with E-state index in [1.165, 1.54) is 7.05 Å². The van der Waals surface area contributed by atoms with Crippen LogP contribution in [0.4, 0.5) is 14.5 Å². The molecule has 1 aromatic rings. The number of carbonyl (C=O) groups excluding carboxylic acids is 1. The van der Waals surface area contributed by atoms with Gasteiger partial charge in [0.2, 0.25) is 0 Å². The quantitative estimate of drug-likeness (QED) is 0.896. The lowest BCUT2D eigenvalue weighted by Crippen LogP contribution is -2.42. The Labute approximate surface area is 122 Å². The highest BCUT2D eigenvalue weighted by Gasteiger charge is 2.37. The van der Waals surface area contributed by atoms with Gasteiger partial charge in [-0.05, 0) is 37.9 Å². The van der Waals surface area contributed by atoms with Crippen molar-refractivity contribution >= 4 is 11.6 Å². The van der Waals surface area contributed by atoms with E-state index >= 15 is 0 Å². The van der Waals surface area contributed by atoms with Crippen molar-refractivity contribution < 1.29 is 13.6 Å². The van der Waals surface area contributed by atoms with Gasteiger partial charge in [-0.1, -0.05) is 0 Å². The Balaban J connectivity index is 1.74. The lowest BCUT2D eigenvalue weighted by atomic mass is 10.1. The molecule has 2 fully saturated rings. The SMILES string of the molecule is CNc1c(F)cc(C(=O)NC2CCN3CCCC23)cc1F. The van der Waals surface area contributed by atoms with Gasteiger partial charge in [-0.15, -0.1) is 0 Å². The molecule has 3 rings (SSSR count). The summed E-state index contributed by atoms with van der Waals surface area (Å²) in [5, 5.41) is 5.37. The van der Waals surface area contributed by atoms with Gasteiger partial charge in [0.1, 0.15) is 17.3 Å². The number of nitrogens with one attached hydrogen (secondary N) is 2. The van der Waals surface area contributed by atoms with Gasteiger partial charge < -0.3 is 10.6 Å². The summed E-state index contributed by atoms with van der Waals surface area (Å²) in [6, 6.07) is 2.60. The molecule has 2 N–H and O–H groups in total. The topological polar surface area (TPSA) is 44.4 Å². The molecule has 21 heavy (non-hydrogen) atoms. The van der Waals surface area contributed by atoms with Crippen LogP contribution in [0, 0.1) is 11.6 Å². The van der Waals surface area contributed by atoms with Crippen LogP contribution in [-0.4, -0.2) is 43.0 Å². The summed E-state index contributed by atoms with van der Waals surface area (Å²) in [5.74, 6) is -1.91. The smallest absolute Gasteiger partial charge is 0.251 e. The standard InChI is InChI=1S/C15H19F2N3O/c1-18-14-10(16)7-9(8-11(14)17)15(21)19-12-4-6-20-5-2-3-13(12)20/h7-8,12-13,18H,2-6H2,1H3,(H,19,21). The number of hydrogen-bond acceptors (Lipinski definition) is 3. The van der Waals surface area contributed by atoms with Crippen LogP contribution < -0.4 is 10.6 Å². The summed E-state index contributed by atoms with van der Waals surface area (Å²) in [6.45, 7) is 2.06. The first-order chi connectivity index (χ1) is 10.1. The van der Waals surface area contributed by atoms with Crippen LogP contribution in [0.2, 0.25) is 0 Å². The molecule has 114 valence electrons. The number of rotatable bonds is 3. The summed E-state index contributed by atoms with van der Waals surface area (Å²) in [5.41, 5.74) is -0.185. The third-order valence-electron chi connectivity index (χ3n) is 4.48. The summed E-state index contributed by atoms with van der Waals surface area (Å²) < 4.78 is 27.4. The Bertz CT molecular complexity index is 541. The number of amides is 1. The molecule has 0 radical (unpaired) electrons. The Morgan fingerprint density at radius 1 is 1.24 bits per heavy atom. The van der Waals surface area contributed by atoms with Crippen molar-refractivity contribution in [3.8, 4) is 0 Å². The van der Waals surface area contributed by atoms with Gasteiger partial charge in [-0.3, -0.25) is 9.69 Å². The summed E-state index contributed by atoms with van der Waals surface area (Å²) in [6.07, 6.45) is 3.12. The second kappa shape index (κ2) is 5.60. The van der Waals surface area contributed by atoms with Gasteiger partial charge in [-0.2, -0.15) is 0 Å². The normalized spacial score (nSPS) is 24.9. The van der Waals surface area contributed by atoms with Crippen molar-refractivity contribution in [1.29, 1.82) is 0 Å². The van der Waals surface area contributed by atoms with Crippen LogP contribution >= 0.6 is 0 Å². The summed E-state index contributed by atoms with van der Waals surface area (Å²) in [4.78, 5) is 14.6. The van der Waals surface area contributed by atoms with Crippen molar-refractivity contribution in [1.82, 2.24) is 10.2 Å². The van der Waals surface area contributed by atoms with E-state index in [1.54, 1.807) is 0 Å². The predicted octanol–water partition coefficient (Wildman–Crippen LogP) is 1.97. The number of anilines is 1. The fourth-order valence-electron chi connectivity index (χ4n) is 3.45. The highest BCUT2D eigenvalue weighted by atomic mass is 19.1. The Kier molecular flexibility index (Phi) is 3.80. The van der Waals surface area contributed by atoms with E-state index in [0.717, 1.165) is 44.5 Å². The molecule has 2 unspecified atom stereocenters. The molecule has 1 aromatic carbocycles. The Morgan fingerprint density at radius 3 is 2.62 bits per heavy atom. The van der Waals surface area contributed by atoms with Crippen molar-refractivity contribution in [2.24, 2.45) is 0 Å². The van der Waals surface area contributed by atoms with Crippen LogP contribution in [0.5, 0.6) is 0 Å². The fraction of sp³-hybridized carbons (Fsp3) is 0.533. The van der Waals surface area contributed by atoms with Gasteiger partial charge in [-0.25, -0.2) is 8.78 Å². The second-order valence-corrected chi connectivity index (χ2v) is 5.68. The number of halogens is 2. The minimum atomic E-state index is -0.753. The average Bonchev–Trinajstić information content (AvgIpc) is 3.03. The molecule has 2 heterocycles. The first kappa shape index (κ1) is 14.3. The van der Waals surface area contributed by atoms with Gasteiger partial charge >= 0.3 is 0 Å². The lowest BCUT2D eigenvalue weighted by Gasteiger charge is -2.21. The highest BCUT2D eigenvalue weighted by Crippen LogP contribution is 2.28. The van der Waals surface area contributed by atoms with Crippen LogP contribution in [0.1, 0.15) is 29.6 Å². The van der Waals surface area contributed by atoms with Crippen molar-refractivity contribution in [2.45, 2.75) is 31.3 Å². The van der Waals surface area contributed by atoms with E-state index in [0.29, 0.717) is 6.04 Å². The minimum absolute atomic E-state index is 0.0282. The molecule has 2 aliphatic rings. The molecule has 0 spiro atoms. The van der Waals surface area contributed by atoms with E-state index < -0.39 is 17.5 Å². The van der Waals surface area contributed by atoms with Gasteiger partial charge in [0.15, 0.2) is 0 Å². The van der Waals surface area contributed by atoms with Gasteiger partial charge in [0, 0.05) is 31.2 Å². The molecular weight excluding hydrogens is 276 g/mol. The van der Waals surface area contributed by atoms with Crippen molar-refractivity contribution in [2.75, 3.05) is 25.5 Å². The molecule has 2 saturated heterocycles. The average molecular weight is 295 g/mol. The number of benzene rings is 1. The highest BCUT2D eigenvalue weighted by molar-refractivity contribution is 5.95. The first-order valence-corrected chi connectivity index (χ1v) is 7.32. The summed E-state index contributed by atoms with van der Waals surface area (Å²) in [7, 11) is 1.44. The molecular formula is C15H19F2N3O. The zero-order chi connectivity index (χ0) is 15.0. The van der Waals surface area contributed by atoms with Gasteiger partial charge in [0.25, 0.3) is 5.91 Å². The maximum atomic E-state index is 13.7. The van der Waals surface area contributed by atoms with E-state index in [1.807, 2.05) is 0 Å². The number of hydrogen-bond donors (Lipinski definition) is 2. The molecule has 6 heteroatoms. The Morgan fingerprint density at radius 2 is 1.95 bits per heavy atom. The monoisotopic (exact) mass is 295 g/mol. The molecule has 4 nitrogen and oxygen atoms in total. The molecule has 0 saturated carbocycles. The third kappa shape index (κ3) is 2.60. The van der Waals surface area contributed by atoms with Crippen LogP contribution in [0.3, 0.4) is 0 Å². The second-order valence-electron chi connectivity index (χ2n) is 5.68. The summed E-state index contributed by atoms with van der Waals surface area (Å²) >= 11 is 0. The van der Waals surface area contributed by atoms with Gasteiger partial charge in [0.05, 0.1) is 0 Å². The van der Waals surface area contributed by atoms with Crippen molar-refractivity contribution in [3.63, 3.8) is 0 Å². The van der Waals surface area contributed by atoms with Crippen LogP contribution in [0.15, 0.2) is 12.1 Å². The molecule has 1 amide bonds. The molecule has 0 bridgehead atoms. The maximum Gasteiger partial charge on any atom is 0.251 e. The van der Waals surface area contributed by atoms with E-state index in [-0.39, 0.29) is 17.3 Å². The number of fused-ring (bicyclic) bond motifs is 1. The Hall–Kier alpha value is -1.69. The third-order valence-corrected chi connectivity index (χ3v) is 4.48. The maximum absolute atomic E-state index is 13.7. The zero-order valence-corrected chi connectivity index (χ0v) is 12.0. The first-order valence-electron chi connectivity index (χ1n) is 7.32. The van der Waals surface area contributed by atoms with E-state index in [9.17, 15) is 13.6 Å². The zero-order valence-electron chi connectivity index (χ0n) is 12.0. The molecule has 2 atom stereocenters. The van der Waals surface area contributed by atoms with E-state index in [2.05, 4.69) is 15.5 Å². The fourth-order valence-corrected chi connectivity index (χ4v) is 3.45. The van der Waals surface area contributed by atoms with Crippen molar-refractivity contribution in [3.05, 3.63) is 29.3 Å². The largest absolute Gasteiger partial charge is 0.383 e. The molecule has 2 aliphatic heterocycles. The van der Waals surface area contributed by atoms with Crippen LogP contribution in [0.25, 0.3) is 0 Å². The number of nitrogens with zero attached hydrogens (tertiary/aromatic N) is 1. The minimum Gasteiger partial charge on any atom is -0.383 e. The van der Waals surface area contributed by atoms with Crippen LogP contribution in [-0.2, 0) is 0 Å². The van der Waals surface area contributed by atoms with E-state index in [4.69, 9.17) is 0 Å². The molecule has 0 aliphatic carbocycles. The lowest BCUT2D eigenvalue weighted by molar-refractivity contribution is 0.0928.